The lowest BCUT2D eigenvalue weighted by Gasteiger charge is -2.36. The first-order chi connectivity index (χ1) is 24.8. The largest absolute Gasteiger partial charge is 0.310 e. The lowest BCUT2D eigenvalue weighted by molar-refractivity contribution is 0.465. The first-order valence-electron chi connectivity index (χ1n) is 17.9. The molecule has 3 atom stereocenters. The molecule has 0 saturated heterocycles. The monoisotopic (exact) mass is 639 g/mol. The van der Waals surface area contributed by atoms with Crippen molar-refractivity contribution in [2.75, 3.05) is 4.90 Å². The third-order valence-corrected chi connectivity index (χ3v) is 11.5. The van der Waals surface area contributed by atoms with Gasteiger partial charge in [-0.05, 0) is 92.9 Å². The van der Waals surface area contributed by atoms with Crippen LogP contribution in [0.1, 0.15) is 46.1 Å². The van der Waals surface area contributed by atoms with Gasteiger partial charge in [-0.15, -0.1) is 0 Å². The summed E-state index contributed by atoms with van der Waals surface area (Å²) in [7, 11) is 0. The normalized spacial score (nSPS) is 20.0. The molecule has 10 rings (SSSR count). The van der Waals surface area contributed by atoms with Crippen LogP contribution in [0.25, 0.3) is 22.3 Å². The van der Waals surface area contributed by atoms with Gasteiger partial charge >= 0.3 is 0 Å². The maximum Gasteiger partial charge on any atom is 0.0538 e. The minimum Gasteiger partial charge on any atom is -0.310 e. The third-order valence-electron chi connectivity index (χ3n) is 11.5. The topological polar surface area (TPSA) is 3.24 Å². The molecule has 1 nitrogen and oxygen atoms in total. The SMILES string of the molecule is C1=CCC(c2ccc(N(c3ccc(-c4ccccc4)cc3)c3ccc4c(c3)C3(c5ccccc5-c5ccccc53)C3C=CC=C[C@@H]43)cc2)C=C1. The molecule has 0 fully saturated rings. The Labute approximate surface area is 294 Å². The second kappa shape index (κ2) is 11.6. The molecule has 6 aromatic rings. The van der Waals surface area contributed by atoms with Gasteiger partial charge in [-0.25, -0.2) is 0 Å². The molecule has 0 saturated carbocycles. The van der Waals surface area contributed by atoms with Crippen molar-refractivity contribution in [2.45, 2.75) is 23.7 Å². The maximum atomic E-state index is 2.52. The summed E-state index contributed by atoms with van der Waals surface area (Å²) < 4.78 is 0. The lowest BCUT2D eigenvalue weighted by atomic mass is 9.65. The van der Waals surface area contributed by atoms with Crippen molar-refractivity contribution < 1.29 is 0 Å². The van der Waals surface area contributed by atoms with E-state index in [-0.39, 0.29) is 5.41 Å². The summed E-state index contributed by atoms with van der Waals surface area (Å²) in [5.74, 6) is 1.04. The number of benzene rings is 6. The number of hydrogen-bond donors (Lipinski definition) is 0. The van der Waals surface area contributed by atoms with Gasteiger partial charge in [0.25, 0.3) is 0 Å². The van der Waals surface area contributed by atoms with Crippen LogP contribution in [0.3, 0.4) is 0 Å². The van der Waals surface area contributed by atoms with Gasteiger partial charge in [0.1, 0.15) is 0 Å². The number of anilines is 3. The Morgan fingerprint density at radius 1 is 0.480 bits per heavy atom. The average molecular weight is 640 g/mol. The van der Waals surface area contributed by atoms with E-state index in [0.29, 0.717) is 17.8 Å². The quantitative estimate of drug-likeness (QED) is 0.181. The van der Waals surface area contributed by atoms with E-state index >= 15 is 0 Å². The summed E-state index contributed by atoms with van der Waals surface area (Å²) in [6.07, 6.45) is 19.3. The Hall–Kier alpha value is -5.92. The van der Waals surface area contributed by atoms with Crippen molar-refractivity contribution in [3.63, 3.8) is 0 Å². The molecule has 0 amide bonds. The minimum absolute atomic E-state index is 0.266. The molecule has 0 aromatic heterocycles. The van der Waals surface area contributed by atoms with E-state index in [9.17, 15) is 0 Å². The fraction of sp³-hybridized carbons (Fsp3) is 0.102. The van der Waals surface area contributed by atoms with Crippen LogP contribution < -0.4 is 4.90 Å². The number of hydrogen-bond acceptors (Lipinski definition) is 1. The molecule has 4 aliphatic rings. The van der Waals surface area contributed by atoms with Crippen molar-refractivity contribution >= 4 is 17.1 Å². The van der Waals surface area contributed by atoms with Crippen LogP contribution in [0.4, 0.5) is 17.1 Å². The van der Waals surface area contributed by atoms with E-state index in [1.165, 1.54) is 55.8 Å². The van der Waals surface area contributed by atoms with Crippen molar-refractivity contribution in [2.24, 2.45) is 5.92 Å². The first kappa shape index (κ1) is 29.0. The third kappa shape index (κ3) is 4.33. The summed E-state index contributed by atoms with van der Waals surface area (Å²) in [5.41, 5.74) is 15.4. The molecule has 238 valence electrons. The molecule has 6 aromatic carbocycles. The van der Waals surface area contributed by atoms with E-state index < -0.39 is 0 Å². The average Bonchev–Trinajstić information content (AvgIpc) is 3.66. The van der Waals surface area contributed by atoms with Crippen LogP contribution in [0.5, 0.6) is 0 Å². The zero-order valence-corrected chi connectivity index (χ0v) is 27.9. The highest BCUT2D eigenvalue weighted by Gasteiger charge is 2.57. The van der Waals surface area contributed by atoms with Crippen molar-refractivity contribution in [3.8, 4) is 22.3 Å². The molecule has 0 aliphatic heterocycles. The van der Waals surface area contributed by atoms with Crippen LogP contribution in [0.2, 0.25) is 0 Å². The van der Waals surface area contributed by atoms with Gasteiger partial charge in [-0.1, -0.05) is 158 Å². The van der Waals surface area contributed by atoms with E-state index in [1.807, 2.05) is 0 Å². The van der Waals surface area contributed by atoms with Gasteiger partial charge < -0.3 is 4.90 Å². The van der Waals surface area contributed by atoms with Gasteiger partial charge in [-0.2, -0.15) is 0 Å². The minimum atomic E-state index is -0.266. The molecule has 0 N–H and O–H groups in total. The van der Waals surface area contributed by atoms with Crippen molar-refractivity contribution in [3.05, 3.63) is 222 Å². The number of fused-ring (bicyclic) bond motifs is 10. The molecule has 1 heteroatoms. The molecular weight excluding hydrogens is 603 g/mol. The van der Waals surface area contributed by atoms with Crippen molar-refractivity contribution in [1.82, 2.24) is 0 Å². The van der Waals surface area contributed by atoms with E-state index in [4.69, 9.17) is 0 Å². The van der Waals surface area contributed by atoms with Crippen LogP contribution in [0.15, 0.2) is 194 Å². The summed E-state index contributed by atoms with van der Waals surface area (Å²) in [5, 5.41) is 0. The highest BCUT2D eigenvalue weighted by molar-refractivity contribution is 5.87. The van der Waals surface area contributed by atoms with E-state index in [0.717, 1.165) is 17.8 Å². The number of rotatable bonds is 5. The number of nitrogens with zero attached hydrogens (tertiary/aromatic N) is 1. The fourth-order valence-electron chi connectivity index (χ4n) is 9.31. The molecule has 0 bridgehead atoms. The zero-order valence-electron chi connectivity index (χ0n) is 27.9. The predicted molar refractivity (Wildman–Crippen MR) is 208 cm³/mol. The molecule has 50 heavy (non-hydrogen) atoms. The smallest absolute Gasteiger partial charge is 0.0538 e. The van der Waals surface area contributed by atoms with Crippen LogP contribution >= 0.6 is 0 Å². The van der Waals surface area contributed by atoms with Crippen molar-refractivity contribution in [1.29, 1.82) is 0 Å². The number of allylic oxidation sites excluding steroid dienone is 8. The predicted octanol–water partition coefficient (Wildman–Crippen LogP) is 12.6. The Morgan fingerprint density at radius 2 is 1.08 bits per heavy atom. The molecule has 1 spiro atoms. The zero-order chi connectivity index (χ0) is 33.1. The second-order valence-corrected chi connectivity index (χ2v) is 14.0. The Morgan fingerprint density at radius 3 is 1.78 bits per heavy atom. The summed E-state index contributed by atoms with van der Waals surface area (Å²) >= 11 is 0. The van der Waals surface area contributed by atoms with Gasteiger partial charge in [0, 0.05) is 34.8 Å². The van der Waals surface area contributed by atoms with E-state index in [1.54, 1.807) is 0 Å². The Kier molecular flexibility index (Phi) is 6.74. The van der Waals surface area contributed by atoms with Gasteiger partial charge in [0.15, 0.2) is 0 Å². The second-order valence-electron chi connectivity index (χ2n) is 14.0. The standard InChI is InChI=1S/C49H37N/c1-3-13-34(14-4-1)36-23-27-38(28-24-36)50(39-29-25-37(26-30-39)35-15-5-2-6-16-35)40-31-32-44-43-19-9-12-22-47(43)49(48(44)33-40)45-20-10-7-17-41(45)42-18-8-11-21-46(42)49/h1-15,17-33,35,43,47H,16H2/t35?,43-,47?/m0/s1. The molecule has 0 radical (unpaired) electrons. The van der Waals surface area contributed by atoms with Gasteiger partial charge in [0.05, 0.1) is 5.41 Å². The van der Waals surface area contributed by atoms with Gasteiger partial charge in [-0.3, -0.25) is 0 Å². The molecule has 4 aliphatic carbocycles. The van der Waals surface area contributed by atoms with Gasteiger partial charge in [0.2, 0.25) is 0 Å². The van der Waals surface area contributed by atoms with Crippen LogP contribution in [-0.4, -0.2) is 0 Å². The highest BCUT2D eigenvalue weighted by Crippen LogP contribution is 2.65. The van der Waals surface area contributed by atoms with E-state index in [2.05, 4.69) is 199 Å². The molecular formula is C49H37N. The van der Waals surface area contributed by atoms with Crippen LogP contribution in [0, 0.1) is 5.92 Å². The van der Waals surface area contributed by atoms with Crippen LogP contribution in [-0.2, 0) is 5.41 Å². The fourth-order valence-corrected chi connectivity index (χ4v) is 9.31. The summed E-state index contributed by atoms with van der Waals surface area (Å²) in [4.78, 5) is 2.45. The Bertz CT molecular complexity index is 2310. The summed E-state index contributed by atoms with van der Waals surface area (Å²) in [6.45, 7) is 0. The molecule has 2 unspecified atom stereocenters. The highest BCUT2D eigenvalue weighted by atomic mass is 15.1. The Balaban J connectivity index is 1.16. The first-order valence-corrected chi connectivity index (χ1v) is 17.9. The lowest BCUT2D eigenvalue weighted by Crippen LogP contribution is -2.33. The summed E-state index contributed by atoms with van der Waals surface area (Å²) in [6, 6.07) is 54.5. The maximum absolute atomic E-state index is 2.52. The molecule has 0 heterocycles.